The van der Waals surface area contributed by atoms with Crippen LogP contribution in [0.3, 0.4) is 0 Å². The highest BCUT2D eigenvalue weighted by molar-refractivity contribution is 5.82. The third kappa shape index (κ3) is 2.86. The van der Waals surface area contributed by atoms with Gasteiger partial charge in [-0.3, -0.25) is 14.5 Å². The zero-order valence-corrected chi connectivity index (χ0v) is 13.8. The summed E-state index contributed by atoms with van der Waals surface area (Å²) in [5, 5.41) is 2.94. The molecular formula is C16H27N3O3. The summed E-state index contributed by atoms with van der Waals surface area (Å²) in [5.41, 5.74) is -0.261. The van der Waals surface area contributed by atoms with Crippen LogP contribution in [0.2, 0.25) is 0 Å². The number of hydrogen-bond donors (Lipinski definition) is 1. The molecule has 3 fully saturated rings. The van der Waals surface area contributed by atoms with E-state index in [0.717, 1.165) is 12.8 Å². The van der Waals surface area contributed by atoms with Gasteiger partial charge in [0, 0.05) is 18.5 Å². The van der Waals surface area contributed by atoms with E-state index in [1.54, 1.807) is 0 Å². The Bertz CT molecular complexity index is 456. The molecular weight excluding hydrogens is 282 g/mol. The number of likely N-dealkylation sites (N-methyl/N-ethyl adjacent to an activating group) is 1. The van der Waals surface area contributed by atoms with Crippen LogP contribution in [-0.2, 0) is 14.3 Å². The van der Waals surface area contributed by atoms with E-state index in [1.165, 1.54) is 6.42 Å². The van der Waals surface area contributed by atoms with Crippen LogP contribution in [0.4, 0.5) is 0 Å². The van der Waals surface area contributed by atoms with Crippen molar-refractivity contribution in [3.63, 3.8) is 0 Å². The minimum atomic E-state index is -0.261. The molecule has 0 radical (unpaired) electrons. The van der Waals surface area contributed by atoms with Gasteiger partial charge in [-0.1, -0.05) is 6.42 Å². The second-order valence-corrected chi connectivity index (χ2v) is 7.41. The molecule has 2 amide bonds. The van der Waals surface area contributed by atoms with Gasteiger partial charge in [0.15, 0.2) is 0 Å². The molecule has 3 rings (SSSR count). The van der Waals surface area contributed by atoms with Crippen molar-refractivity contribution >= 4 is 11.8 Å². The van der Waals surface area contributed by atoms with E-state index in [1.807, 2.05) is 25.8 Å². The standard InChI is InChI=1S/C16H27N3O3/c1-11(2)17-14(20)13-7-22-16(8-18(13)3)9-19(10-16)15(21)12-5-4-6-12/h11-13H,4-10H2,1-3H3,(H,17,20). The van der Waals surface area contributed by atoms with Crippen molar-refractivity contribution in [2.24, 2.45) is 5.92 Å². The van der Waals surface area contributed by atoms with E-state index >= 15 is 0 Å². The number of likely N-dealkylation sites (tertiary alicyclic amines) is 1. The molecule has 1 aliphatic carbocycles. The van der Waals surface area contributed by atoms with Gasteiger partial charge in [0.2, 0.25) is 11.8 Å². The molecule has 0 bridgehead atoms. The third-order valence-corrected chi connectivity index (χ3v) is 5.07. The molecule has 22 heavy (non-hydrogen) atoms. The predicted molar refractivity (Wildman–Crippen MR) is 82.3 cm³/mol. The Morgan fingerprint density at radius 2 is 1.91 bits per heavy atom. The van der Waals surface area contributed by atoms with Crippen molar-refractivity contribution < 1.29 is 14.3 Å². The molecule has 1 saturated carbocycles. The highest BCUT2D eigenvalue weighted by Gasteiger charge is 2.52. The van der Waals surface area contributed by atoms with E-state index < -0.39 is 0 Å². The average Bonchev–Trinajstić information content (AvgIpc) is 2.32. The van der Waals surface area contributed by atoms with Gasteiger partial charge >= 0.3 is 0 Å². The second-order valence-electron chi connectivity index (χ2n) is 7.41. The maximum Gasteiger partial charge on any atom is 0.239 e. The summed E-state index contributed by atoms with van der Waals surface area (Å²) in [7, 11) is 1.96. The van der Waals surface area contributed by atoms with Crippen LogP contribution >= 0.6 is 0 Å². The van der Waals surface area contributed by atoms with Crippen molar-refractivity contribution in [3.8, 4) is 0 Å². The Morgan fingerprint density at radius 3 is 2.41 bits per heavy atom. The number of ether oxygens (including phenoxy) is 1. The number of carbonyl (C=O) groups is 2. The Morgan fingerprint density at radius 1 is 1.23 bits per heavy atom. The van der Waals surface area contributed by atoms with E-state index in [0.29, 0.717) is 32.1 Å². The Hall–Kier alpha value is -1.14. The van der Waals surface area contributed by atoms with E-state index in [9.17, 15) is 9.59 Å². The Labute approximate surface area is 132 Å². The molecule has 0 aromatic carbocycles. The Balaban J connectivity index is 1.51. The van der Waals surface area contributed by atoms with Crippen LogP contribution < -0.4 is 5.32 Å². The molecule has 2 heterocycles. The monoisotopic (exact) mass is 309 g/mol. The summed E-state index contributed by atoms with van der Waals surface area (Å²) in [6.45, 7) is 6.37. The normalized spacial score (nSPS) is 28.4. The topological polar surface area (TPSA) is 61.9 Å². The lowest BCUT2D eigenvalue weighted by molar-refractivity contribution is -0.204. The number of rotatable bonds is 3. The highest BCUT2D eigenvalue weighted by atomic mass is 16.5. The smallest absolute Gasteiger partial charge is 0.239 e. The van der Waals surface area contributed by atoms with Gasteiger partial charge in [-0.25, -0.2) is 0 Å². The summed E-state index contributed by atoms with van der Waals surface area (Å²) >= 11 is 0. The summed E-state index contributed by atoms with van der Waals surface area (Å²) in [6.07, 6.45) is 3.27. The summed E-state index contributed by atoms with van der Waals surface area (Å²) < 4.78 is 6.00. The summed E-state index contributed by atoms with van der Waals surface area (Å²) in [6, 6.07) is -0.0968. The largest absolute Gasteiger partial charge is 0.368 e. The van der Waals surface area contributed by atoms with Gasteiger partial charge in [0.25, 0.3) is 0 Å². The van der Waals surface area contributed by atoms with Crippen molar-refractivity contribution in [2.45, 2.75) is 50.8 Å². The van der Waals surface area contributed by atoms with Crippen LogP contribution in [-0.4, -0.2) is 72.6 Å². The number of morpholine rings is 1. The van der Waals surface area contributed by atoms with Gasteiger partial charge in [-0.05, 0) is 33.7 Å². The van der Waals surface area contributed by atoms with Crippen LogP contribution in [0.25, 0.3) is 0 Å². The highest BCUT2D eigenvalue weighted by Crippen LogP contribution is 2.35. The molecule has 1 spiro atoms. The fraction of sp³-hybridized carbons (Fsp3) is 0.875. The molecule has 2 aliphatic heterocycles. The van der Waals surface area contributed by atoms with Crippen molar-refractivity contribution in [3.05, 3.63) is 0 Å². The first-order chi connectivity index (χ1) is 10.4. The van der Waals surface area contributed by atoms with Crippen molar-refractivity contribution in [2.75, 3.05) is 33.3 Å². The molecule has 2 saturated heterocycles. The van der Waals surface area contributed by atoms with E-state index in [2.05, 4.69) is 10.2 Å². The van der Waals surface area contributed by atoms with Gasteiger partial charge in [-0.2, -0.15) is 0 Å². The molecule has 0 aromatic heterocycles. The lowest BCUT2D eigenvalue weighted by Gasteiger charge is -2.55. The van der Waals surface area contributed by atoms with Crippen LogP contribution in [0, 0.1) is 5.92 Å². The quantitative estimate of drug-likeness (QED) is 0.810. The first kappa shape index (κ1) is 15.7. The van der Waals surface area contributed by atoms with E-state index in [4.69, 9.17) is 4.74 Å². The predicted octanol–water partition coefficient (Wildman–Crippen LogP) is 0.223. The Kier molecular flexibility index (Phi) is 4.16. The zero-order valence-electron chi connectivity index (χ0n) is 13.8. The van der Waals surface area contributed by atoms with Gasteiger partial charge in [0.1, 0.15) is 11.6 Å². The number of hydrogen-bond acceptors (Lipinski definition) is 4. The van der Waals surface area contributed by atoms with Crippen LogP contribution in [0.1, 0.15) is 33.1 Å². The number of amides is 2. The molecule has 0 aromatic rings. The van der Waals surface area contributed by atoms with Crippen molar-refractivity contribution in [1.82, 2.24) is 15.1 Å². The SMILES string of the molecule is CC(C)NC(=O)C1COC2(CN(C(=O)C3CCC3)C2)CN1C. The minimum absolute atomic E-state index is 0.0223. The second kappa shape index (κ2) is 5.81. The first-order valence-corrected chi connectivity index (χ1v) is 8.33. The molecule has 1 N–H and O–H groups in total. The summed E-state index contributed by atoms with van der Waals surface area (Å²) in [5.74, 6) is 0.570. The third-order valence-electron chi connectivity index (χ3n) is 5.07. The molecule has 3 aliphatic rings. The molecule has 6 heteroatoms. The summed E-state index contributed by atoms with van der Waals surface area (Å²) in [4.78, 5) is 28.3. The lowest BCUT2D eigenvalue weighted by Crippen LogP contribution is -2.73. The van der Waals surface area contributed by atoms with Gasteiger partial charge < -0.3 is 15.0 Å². The van der Waals surface area contributed by atoms with Crippen LogP contribution in [0.5, 0.6) is 0 Å². The molecule has 1 atom stereocenters. The van der Waals surface area contributed by atoms with Gasteiger partial charge in [-0.15, -0.1) is 0 Å². The maximum atomic E-state index is 12.2. The number of nitrogens with one attached hydrogen (secondary N) is 1. The lowest BCUT2D eigenvalue weighted by atomic mass is 9.81. The average molecular weight is 309 g/mol. The fourth-order valence-electron chi connectivity index (χ4n) is 3.56. The molecule has 124 valence electrons. The maximum absolute atomic E-state index is 12.2. The van der Waals surface area contributed by atoms with E-state index in [-0.39, 0.29) is 29.5 Å². The van der Waals surface area contributed by atoms with Gasteiger partial charge in [0.05, 0.1) is 19.7 Å². The molecule has 6 nitrogen and oxygen atoms in total. The fourth-order valence-corrected chi connectivity index (χ4v) is 3.56. The zero-order chi connectivity index (χ0) is 15.9. The number of nitrogens with zero attached hydrogens (tertiary/aromatic N) is 2. The number of carbonyl (C=O) groups excluding carboxylic acids is 2. The van der Waals surface area contributed by atoms with Crippen molar-refractivity contribution in [1.29, 1.82) is 0 Å². The molecule has 1 unspecified atom stereocenters. The first-order valence-electron chi connectivity index (χ1n) is 8.33. The minimum Gasteiger partial charge on any atom is -0.368 e. The van der Waals surface area contributed by atoms with Crippen LogP contribution in [0.15, 0.2) is 0 Å².